The number of aromatic nitrogens is 3. The summed E-state index contributed by atoms with van der Waals surface area (Å²) in [5.74, 6) is 0. The highest BCUT2D eigenvalue weighted by molar-refractivity contribution is 5.66. The molecule has 0 unspecified atom stereocenters. The van der Waals surface area contributed by atoms with Crippen LogP contribution < -0.4 is 5.32 Å². The average Bonchev–Trinajstić information content (AvgIpc) is 2.90. The van der Waals surface area contributed by atoms with E-state index in [0.717, 1.165) is 24.5 Å². The second-order valence-electron chi connectivity index (χ2n) is 4.95. The van der Waals surface area contributed by atoms with Gasteiger partial charge in [0.05, 0.1) is 17.6 Å². The third kappa shape index (κ3) is 1.82. The van der Waals surface area contributed by atoms with Crippen LogP contribution in [0.15, 0.2) is 54.7 Å². The first-order valence-electron chi connectivity index (χ1n) is 6.71. The summed E-state index contributed by atoms with van der Waals surface area (Å²) >= 11 is 0. The maximum atomic E-state index is 4.19. The van der Waals surface area contributed by atoms with Gasteiger partial charge in [0, 0.05) is 13.1 Å². The summed E-state index contributed by atoms with van der Waals surface area (Å²) in [4.78, 5) is 0. The van der Waals surface area contributed by atoms with Crippen LogP contribution in [-0.4, -0.2) is 15.0 Å². The molecule has 0 aliphatic carbocycles. The molecular weight excluding hydrogens is 248 g/mol. The van der Waals surface area contributed by atoms with Gasteiger partial charge in [-0.15, -0.1) is 5.10 Å². The van der Waals surface area contributed by atoms with E-state index in [1.807, 2.05) is 16.9 Å². The molecule has 4 nitrogen and oxygen atoms in total. The van der Waals surface area contributed by atoms with Crippen molar-refractivity contribution < 1.29 is 0 Å². The minimum Gasteiger partial charge on any atom is -0.307 e. The van der Waals surface area contributed by atoms with Gasteiger partial charge >= 0.3 is 0 Å². The van der Waals surface area contributed by atoms with E-state index in [1.54, 1.807) is 0 Å². The first-order chi connectivity index (χ1) is 9.92. The first kappa shape index (κ1) is 11.4. The molecule has 0 saturated carbocycles. The van der Waals surface area contributed by atoms with Crippen LogP contribution in [0.5, 0.6) is 0 Å². The molecule has 0 bridgehead atoms. The second kappa shape index (κ2) is 4.58. The second-order valence-corrected chi connectivity index (χ2v) is 4.95. The lowest BCUT2D eigenvalue weighted by Gasteiger charge is -2.10. The third-order valence-corrected chi connectivity index (χ3v) is 3.66. The van der Waals surface area contributed by atoms with Crippen molar-refractivity contribution in [2.75, 3.05) is 0 Å². The summed E-state index contributed by atoms with van der Waals surface area (Å²) < 4.78 is 1.92. The molecule has 1 N–H and O–H groups in total. The Morgan fingerprint density at radius 3 is 2.75 bits per heavy atom. The zero-order valence-electron chi connectivity index (χ0n) is 11.0. The molecule has 1 aliphatic rings. The van der Waals surface area contributed by atoms with Gasteiger partial charge in [-0.2, -0.15) is 0 Å². The predicted octanol–water partition coefficient (Wildman–Crippen LogP) is 2.54. The van der Waals surface area contributed by atoms with Crippen LogP contribution in [0.4, 0.5) is 0 Å². The summed E-state index contributed by atoms with van der Waals surface area (Å²) in [6.07, 6.45) is 1.81. The summed E-state index contributed by atoms with van der Waals surface area (Å²) in [6.45, 7) is 1.64. The lowest BCUT2D eigenvalue weighted by molar-refractivity contribution is 0.684. The van der Waals surface area contributed by atoms with Crippen LogP contribution in [0.3, 0.4) is 0 Å². The van der Waals surface area contributed by atoms with Crippen molar-refractivity contribution in [2.45, 2.75) is 13.1 Å². The molecule has 0 fully saturated rings. The van der Waals surface area contributed by atoms with Crippen molar-refractivity contribution in [3.8, 4) is 16.8 Å². The molecule has 98 valence electrons. The van der Waals surface area contributed by atoms with E-state index in [4.69, 9.17) is 0 Å². The smallest absolute Gasteiger partial charge is 0.0783 e. The number of rotatable bonds is 1. The molecule has 20 heavy (non-hydrogen) atoms. The summed E-state index contributed by atoms with van der Waals surface area (Å²) in [5.41, 5.74) is 5.92. The van der Waals surface area contributed by atoms with E-state index in [0.29, 0.717) is 0 Å². The van der Waals surface area contributed by atoms with Crippen molar-refractivity contribution >= 4 is 0 Å². The SMILES string of the molecule is c1ccc(-c2ccc3c(c2)CNCc2cnnn2-3)cc1. The Kier molecular flexibility index (Phi) is 2.60. The van der Waals surface area contributed by atoms with Crippen LogP contribution in [0.25, 0.3) is 16.8 Å². The van der Waals surface area contributed by atoms with Gasteiger partial charge in [0.2, 0.25) is 0 Å². The van der Waals surface area contributed by atoms with Crippen molar-refractivity contribution in [3.63, 3.8) is 0 Å². The Morgan fingerprint density at radius 2 is 1.85 bits per heavy atom. The summed E-state index contributed by atoms with van der Waals surface area (Å²) in [5, 5.41) is 11.6. The van der Waals surface area contributed by atoms with Crippen LogP contribution in [0.2, 0.25) is 0 Å². The van der Waals surface area contributed by atoms with Crippen molar-refractivity contribution in [1.82, 2.24) is 20.3 Å². The number of hydrogen-bond acceptors (Lipinski definition) is 3. The van der Waals surface area contributed by atoms with E-state index < -0.39 is 0 Å². The largest absolute Gasteiger partial charge is 0.307 e. The molecule has 0 saturated heterocycles. The molecule has 0 atom stereocenters. The third-order valence-electron chi connectivity index (χ3n) is 3.66. The van der Waals surface area contributed by atoms with Gasteiger partial charge < -0.3 is 5.32 Å². The monoisotopic (exact) mass is 262 g/mol. The van der Waals surface area contributed by atoms with Gasteiger partial charge in [0.25, 0.3) is 0 Å². The van der Waals surface area contributed by atoms with Gasteiger partial charge in [-0.05, 0) is 28.8 Å². The highest BCUT2D eigenvalue weighted by atomic mass is 15.4. The maximum absolute atomic E-state index is 4.19. The average molecular weight is 262 g/mol. The number of nitrogens with zero attached hydrogens (tertiary/aromatic N) is 3. The van der Waals surface area contributed by atoms with Crippen LogP contribution in [0.1, 0.15) is 11.3 Å². The molecule has 4 rings (SSSR count). The molecule has 2 heterocycles. The van der Waals surface area contributed by atoms with Crippen LogP contribution >= 0.6 is 0 Å². The fraction of sp³-hybridized carbons (Fsp3) is 0.125. The Balaban J connectivity index is 1.85. The first-order valence-corrected chi connectivity index (χ1v) is 6.71. The Bertz CT molecular complexity index is 746. The fourth-order valence-corrected chi connectivity index (χ4v) is 2.65. The topological polar surface area (TPSA) is 42.7 Å². The predicted molar refractivity (Wildman–Crippen MR) is 77.3 cm³/mol. The van der Waals surface area contributed by atoms with E-state index in [9.17, 15) is 0 Å². The molecule has 2 aromatic carbocycles. The highest BCUT2D eigenvalue weighted by Gasteiger charge is 2.15. The standard InChI is InChI=1S/C16H14N4/c1-2-4-12(5-3-1)13-6-7-16-14(8-13)9-17-10-15-11-18-19-20(15)16/h1-8,11,17H,9-10H2. The number of nitrogens with one attached hydrogen (secondary N) is 1. The Labute approximate surface area is 117 Å². The molecule has 1 aliphatic heterocycles. The maximum Gasteiger partial charge on any atom is 0.0783 e. The molecule has 1 aromatic heterocycles. The Hall–Kier alpha value is -2.46. The summed E-state index contributed by atoms with van der Waals surface area (Å²) in [7, 11) is 0. The molecule has 0 amide bonds. The number of hydrogen-bond donors (Lipinski definition) is 1. The fourth-order valence-electron chi connectivity index (χ4n) is 2.65. The zero-order chi connectivity index (χ0) is 13.4. The van der Waals surface area contributed by atoms with E-state index in [2.05, 4.69) is 58.1 Å². The van der Waals surface area contributed by atoms with Gasteiger partial charge in [-0.3, -0.25) is 0 Å². The van der Waals surface area contributed by atoms with Crippen molar-refractivity contribution in [3.05, 3.63) is 66.0 Å². The minimum absolute atomic E-state index is 0.794. The van der Waals surface area contributed by atoms with Gasteiger partial charge in [0.15, 0.2) is 0 Å². The molecular formula is C16H14N4. The van der Waals surface area contributed by atoms with E-state index >= 15 is 0 Å². The quantitative estimate of drug-likeness (QED) is 0.733. The van der Waals surface area contributed by atoms with E-state index in [1.165, 1.54) is 16.7 Å². The molecule has 0 spiro atoms. The van der Waals surface area contributed by atoms with Crippen molar-refractivity contribution in [2.24, 2.45) is 0 Å². The molecule has 4 heteroatoms. The van der Waals surface area contributed by atoms with Gasteiger partial charge in [0.1, 0.15) is 0 Å². The zero-order valence-corrected chi connectivity index (χ0v) is 11.0. The summed E-state index contributed by atoms with van der Waals surface area (Å²) in [6, 6.07) is 16.9. The van der Waals surface area contributed by atoms with E-state index in [-0.39, 0.29) is 0 Å². The number of benzene rings is 2. The highest BCUT2D eigenvalue weighted by Crippen LogP contribution is 2.26. The van der Waals surface area contributed by atoms with Crippen molar-refractivity contribution in [1.29, 1.82) is 0 Å². The van der Waals surface area contributed by atoms with Crippen LogP contribution in [-0.2, 0) is 13.1 Å². The molecule has 0 radical (unpaired) electrons. The number of fused-ring (bicyclic) bond motifs is 3. The van der Waals surface area contributed by atoms with Gasteiger partial charge in [-0.1, -0.05) is 41.6 Å². The lowest BCUT2D eigenvalue weighted by atomic mass is 10.0. The lowest BCUT2D eigenvalue weighted by Crippen LogP contribution is -2.10. The molecule has 3 aromatic rings. The minimum atomic E-state index is 0.794. The normalized spacial score (nSPS) is 13.4. The Morgan fingerprint density at radius 1 is 0.950 bits per heavy atom. The van der Waals surface area contributed by atoms with Crippen LogP contribution in [0, 0.1) is 0 Å². The van der Waals surface area contributed by atoms with Gasteiger partial charge in [-0.25, -0.2) is 4.68 Å².